The zero-order valence-electron chi connectivity index (χ0n) is 18.8. The molecular weight excluding hydrogens is 440 g/mol. The lowest BCUT2D eigenvalue weighted by molar-refractivity contribution is -0.145. The van der Waals surface area contributed by atoms with E-state index in [9.17, 15) is 29.7 Å². The molecule has 3 atom stereocenters. The molecule has 9 nitrogen and oxygen atoms in total. The van der Waals surface area contributed by atoms with Gasteiger partial charge in [0.05, 0.1) is 24.7 Å². The Balaban J connectivity index is 1.46. The van der Waals surface area contributed by atoms with Crippen molar-refractivity contribution in [2.24, 2.45) is 0 Å². The largest absolute Gasteiger partial charge is 0.481 e. The minimum Gasteiger partial charge on any atom is -0.481 e. The first-order valence-electron chi connectivity index (χ1n) is 11.2. The first kappa shape index (κ1) is 23.7. The number of hydrogen-bond donors (Lipinski definition) is 4. The summed E-state index contributed by atoms with van der Waals surface area (Å²) in [5, 5.41) is 31.4. The summed E-state index contributed by atoms with van der Waals surface area (Å²) in [7, 11) is 0. The van der Waals surface area contributed by atoms with Gasteiger partial charge in [-0.3, -0.25) is 9.59 Å². The Bertz CT molecular complexity index is 1060. The molecule has 3 unspecified atom stereocenters. The van der Waals surface area contributed by atoms with Gasteiger partial charge in [0.2, 0.25) is 5.91 Å². The van der Waals surface area contributed by atoms with Crippen molar-refractivity contribution in [3.8, 4) is 11.1 Å². The van der Waals surface area contributed by atoms with Crippen molar-refractivity contribution in [2.45, 2.75) is 43.4 Å². The Morgan fingerprint density at radius 2 is 1.71 bits per heavy atom. The third kappa shape index (κ3) is 4.49. The molecule has 4 rings (SSSR count). The van der Waals surface area contributed by atoms with Crippen LogP contribution in [0.1, 0.15) is 36.8 Å². The van der Waals surface area contributed by atoms with E-state index in [0.29, 0.717) is 0 Å². The van der Waals surface area contributed by atoms with Crippen LogP contribution in [0.25, 0.3) is 11.1 Å². The van der Waals surface area contributed by atoms with Crippen LogP contribution < -0.4 is 5.32 Å². The summed E-state index contributed by atoms with van der Waals surface area (Å²) in [6.07, 6.45) is -2.26. The Hall–Kier alpha value is -3.43. The minimum absolute atomic E-state index is 0.0185. The molecule has 9 heteroatoms. The van der Waals surface area contributed by atoms with Gasteiger partial charge in [0.1, 0.15) is 12.6 Å². The molecule has 0 spiro atoms. The number of carbonyl (C=O) groups is 3. The van der Waals surface area contributed by atoms with Gasteiger partial charge in [-0.05, 0) is 29.2 Å². The number of carbonyl (C=O) groups excluding carboxylic acids is 2. The van der Waals surface area contributed by atoms with E-state index in [2.05, 4.69) is 5.32 Å². The van der Waals surface area contributed by atoms with E-state index in [1.165, 1.54) is 4.90 Å². The predicted octanol–water partition coefficient (Wildman–Crippen LogP) is 1.71. The number of aliphatic carboxylic acids is 1. The van der Waals surface area contributed by atoms with Gasteiger partial charge < -0.3 is 30.3 Å². The normalized spacial score (nSPS) is 22.1. The van der Waals surface area contributed by atoms with Crippen LogP contribution in [0.15, 0.2) is 48.5 Å². The van der Waals surface area contributed by atoms with Crippen LogP contribution in [0.3, 0.4) is 0 Å². The summed E-state index contributed by atoms with van der Waals surface area (Å²) >= 11 is 0. The number of nitrogens with zero attached hydrogens (tertiary/aromatic N) is 1. The van der Waals surface area contributed by atoms with E-state index in [1.807, 2.05) is 48.5 Å². The molecule has 1 aliphatic carbocycles. The third-order valence-corrected chi connectivity index (χ3v) is 6.64. The van der Waals surface area contributed by atoms with E-state index in [0.717, 1.165) is 22.3 Å². The molecule has 2 aliphatic rings. The predicted molar refractivity (Wildman–Crippen MR) is 122 cm³/mol. The van der Waals surface area contributed by atoms with Gasteiger partial charge in [0.15, 0.2) is 0 Å². The van der Waals surface area contributed by atoms with Crippen LogP contribution in [0.5, 0.6) is 0 Å². The molecular formula is C25H28N2O7. The lowest BCUT2D eigenvalue weighted by Crippen LogP contribution is -2.56. The van der Waals surface area contributed by atoms with Gasteiger partial charge in [-0.1, -0.05) is 48.5 Å². The third-order valence-electron chi connectivity index (χ3n) is 6.64. The molecule has 34 heavy (non-hydrogen) atoms. The van der Waals surface area contributed by atoms with Crippen LogP contribution in [-0.4, -0.2) is 75.6 Å². The maximum atomic E-state index is 13.1. The van der Waals surface area contributed by atoms with Crippen LogP contribution in [0.4, 0.5) is 4.79 Å². The molecule has 0 aromatic heterocycles. The van der Waals surface area contributed by atoms with Crippen molar-refractivity contribution in [3.63, 3.8) is 0 Å². The number of aliphatic hydroxyl groups excluding tert-OH is 2. The number of alkyl carbamates (subject to hydrolysis) is 1. The SMILES string of the molecule is CC1(CO)CC(O)CN1C(=O)C(CC(=O)O)NC(=O)OCC1c2ccccc2-c2ccccc21. The van der Waals surface area contributed by atoms with E-state index in [-0.39, 0.29) is 25.5 Å². The molecule has 0 saturated carbocycles. The second-order valence-corrected chi connectivity index (χ2v) is 9.08. The highest BCUT2D eigenvalue weighted by Crippen LogP contribution is 2.44. The summed E-state index contributed by atoms with van der Waals surface area (Å²) < 4.78 is 5.45. The van der Waals surface area contributed by atoms with Crippen molar-refractivity contribution in [1.29, 1.82) is 0 Å². The van der Waals surface area contributed by atoms with Crippen molar-refractivity contribution >= 4 is 18.0 Å². The lowest BCUT2D eigenvalue weighted by Gasteiger charge is -2.35. The van der Waals surface area contributed by atoms with E-state index < -0.39 is 48.7 Å². The quantitative estimate of drug-likeness (QED) is 0.486. The fraction of sp³-hybridized carbons (Fsp3) is 0.400. The molecule has 1 heterocycles. The Morgan fingerprint density at radius 3 is 2.26 bits per heavy atom. The average Bonchev–Trinajstić information content (AvgIpc) is 3.30. The smallest absolute Gasteiger partial charge is 0.407 e. The van der Waals surface area contributed by atoms with Gasteiger partial charge in [-0.25, -0.2) is 4.79 Å². The van der Waals surface area contributed by atoms with Gasteiger partial charge >= 0.3 is 12.1 Å². The van der Waals surface area contributed by atoms with Crippen molar-refractivity contribution in [2.75, 3.05) is 19.8 Å². The lowest BCUT2D eigenvalue weighted by atomic mass is 9.98. The van der Waals surface area contributed by atoms with Gasteiger partial charge in [0, 0.05) is 18.9 Å². The summed E-state index contributed by atoms with van der Waals surface area (Å²) in [4.78, 5) is 38.3. The first-order valence-corrected chi connectivity index (χ1v) is 11.2. The first-order chi connectivity index (χ1) is 16.2. The molecule has 2 aromatic carbocycles. The highest BCUT2D eigenvalue weighted by molar-refractivity contribution is 5.90. The Kier molecular flexibility index (Phi) is 6.58. The number of nitrogens with one attached hydrogen (secondary N) is 1. The number of β-amino-alcohol motifs (C(OH)–C–C–N with tert-alkyl or cyclic N) is 1. The summed E-state index contributed by atoms with van der Waals surface area (Å²) in [5.74, 6) is -2.15. The molecule has 1 saturated heterocycles. The van der Waals surface area contributed by atoms with Crippen LogP contribution in [-0.2, 0) is 14.3 Å². The number of aliphatic hydroxyl groups is 2. The number of ether oxygens (including phenoxy) is 1. The number of likely N-dealkylation sites (tertiary alicyclic amines) is 1. The van der Waals surface area contributed by atoms with Crippen molar-refractivity contribution in [3.05, 3.63) is 59.7 Å². The zero-order chi connectivity index (χ0) is 24.5. The van der Waals surface area contributed by atoms with Crippen LogP contribution in [0.2, 0.25) is 0 Å². The summed E-state index contributed by atoms with van der Waals surface area (Å²) in [5.41, 5.74) is 3.15. The molecule has 180 valence electrons. The van der Waals surface area contributed by atoms with Crippen molar-refractivity contribution < 1.29 is 34.4 Å². The molecule has 4 N–H and O–H groups in total. The standard InChI is InChI=1S/C25H28N2O7/c1-25(14-28)11-15(29)12-27(25)23(32)21(10-22(30)31)26-24(33)34-13-20-18-8-4-2-6-16(18)17-7-3-5-9-19(17)20/h2-9,15,20-21,28-29H,10-14H2,1H3,(H,26,33)(H,30,31). The number of fused-ring (bicyclic) bond motifs is 3. The molecule has 0 radical (unpaired) electrons. The fourth-order valence-corrected chi connectivity index (χ4v) is 4.96. The fourth-order valence-electron chi connectivity index (χ4n) is 4.96. The second-order valence-electron chi connectivity index (χ2n) is 9.08. The number of carboxylic acids is 1. The number of hydrogen-bond acceptors (Lipinski definition) is 6. The topological polar surface area (TPSA) is 136 Å². The highest BCUT2D eigenvalue weighted by atomic mass is 16.5. The number of benzene rings is 2. The molecule has 0 bridgehead atoms. The number of carboxylic acid groups (broad SMARTS) is 1. The molecule has 1 aliphatic heterocycles. The number of rotatable bonds is 7. The van der Waals surface area contributed by atoms with Crippen molar-refractivity contribution in [1.82, 2.24) is 10.2 Å². The van der Waals surface area contributed by atoms with Crippen LogP contribution in [0, 0.1) is 0 Å². The number of amides is 2. The van der Waals surface area contributed by atoms with Gasteiger partial charge in [-0.15, -0.1) is 0 Å². The summed E-state index contributed by atoms with van der Waals surface area (Å²) in [6, 6.07) is 14.3. The molecule has 1 fully saturated rings. The average molecular weight is 469 g/mol. The highest BCUT2D eigenvalue weighted by Gasteiger charge is 2.46. The van der Waals surface area contributed by atoms with E-state index in [1.54, 1.807) is 6.92 Å². The molecule has 2 aromatic rings. The van der Waals surface area contributed by atoms with E-state index >= 15 is 0 Å². The zero-order valence-corrected chi connectivity index (χ0v) is 18.8. The second kappa shape index (κ2) is 9.44. The maximum absolute atomic E-state index is 13.1. The monoisotopic (exact) mass is 468 g/mol. The van der Waals surface area contributed by atoms with Crippen LogP contribution >= 0.6 is 0 Å². The Labute approximate surface area is 197 Å². The van der Waals surface area contributed by atoms with Gasteiger partial charge in [-0.2, -0.15) is 0 Å². The Morgan fingerprint density at radius 1 is 1.12 bits per heavy atom. The van der Waals surface area contributed by atoms with Gasteiger partial charge in [0.25, 0.3) is 0 Å². The molecule has 2 amide bonds. The van der Waals surface area contributed by atoms with E-state index in [4.69, 9.17) is 4.74 Å². The maximum Gasteiger partial charge on any atom is 0.407 e. The minimum atomic E-state index is -1.40. The summed E-state index contributed by atoms with van der Waals surface area (Å²) in [6.45, 7) is 1.16.